The summed E-state index contributed by atoms with van der Waals surface area (Å²) in [6.45, 7) is 1.33. The van der Waals surface area contributed by atoms with Crippen LogP contribution in [0, 0.1) is 0 Å². The lowest BCUT2D eigenvalue weighted by atomic mass is 9.90. The lowest BCUT2D eigenvalue weighted by Crippen LogP contribution is -2.86. The molecule has 0 bridgehead atoms. The first-order valence-electron chi connectivity index (χ1n) is 9.69. The maximum atomic E-state index is 10.5. The molecule has 148 valence electrons. The second kappa shape index (κ2) is 9.02. The number of aromatic amines is 1. The molecule has 3 aromatic carbocycles. The molecule has 0 spiro atoms. The molecule has 1 aromatic heterocycles. The third-order valence-corrected chi connectivity index (χ3v) is 5.87. The highest BCUT2D eigenvalue weighted by Crippen LogP contribution is 2.34. The molecule has 0 unspecified atom stereocenters. The number of hydrogen-bond acceptors (Lipinski definition) is 1. The molecule has 4 N–H and O–H groups in total. The van der Waals surface area contributed by atoms with Gasteiger partial charge in [-0.1, -0.05) is 77.8 Å². The van der Waals surface area contributed by atoms with Crippen molar-refractivity contribution in [2.45, 2.75) is 12.0 Å². The van der Waals surface area contributed by atoms with Gasteiger partial charge in [0.1, 0.15) is 12.6 Å². The lowest BCUT2D eigenvalue weighted by molar-refractivity contribution is -0.663. The Hall–Kier alpha value is -2.30. The Morgan fingerprint density at radius 3 is 2.41 bits per heavy atom. The lowest BCUT2D eigenvalue weighted by Gasteiger charge is -2.19. The molecule has 0 saturated heterocycles. The summed E-state index contributed by atoms with van der Waals surface area (Å²) < 4.78 is 0. The van der Waals surface area contributed by atoms with Crippen molar-refractivity contribution >= 4 is 34.1 Å². The maximum absolute atomic E-state index is 10.5. The molecule has 0 fully saturated rings. The smallest absolute Gasteiger partial charge is 0.128 e. The molecule has 0 aliphatic carbocycles. The van der Waals surface area contributed by atoms with Crippen molar-refractivity contribution in [2.75, 3.05) is 13.1 Å². The van der Waals surface area contributed by atoms with Crippen molar-refractivity contribution in [3.63, 3.8) is 0 Å². The zero-order valence-corrected chi connectivity index (χ0v) is 17.4. The zero-order chi connectivity index (χ0) is 20.2. The van der Waals surface area contributed by atoms with Gasteiger partial charge in [0.2, 0.25) is 0 Å². The first-order valence-corrected chi connectivity index (χ1v) is 10.4. The molecule has 2 atom stereocenters. The Bertz CT molecular complexity index is 1090. The van der Waals surface area contributed by atoms with Crippen molar-refractivity contribution in [1.82, 2.24) is 4.98 Å². The summed E-state index contributed by atoms with van der Waals surface area (Å²) in [4.78, 5) is 3.36. The van der Waals surface area contributed by atoms with Gasteiger partial charge in [0.15, 0.2) is 0 Å². The van der Waals surface area contributed by atoms with E-state index >= 15 is 0 Å². The number of benzene rings is 3. The molecule has 0 aliphatic rings. The van der Waals surface area contributed by atoms with Crippen molar-refractivity contribution in [2.24, 2.45) is 0 Å². The van der Waals surface area contributed by atoms with Gasteiger partial charge in [-0.25, -0.2) is 0 Å². The van der Waals surface area contributed by atoms with Gasteiger partial charge in [-0.05, 0) is 34.9 Å². The number of aliphatic hydroxyl groups is 1. The number of hydrogen-bond donors (Lipinski definition) is 3. The van der Waals surface area contributed by atoms with Crippen LogP contribution >= 0.6 is 23.2 Å². The van der Waals surface area contributed by atoms with Crippen LogP contribution in [0.3, 0.4) is 0 Å². The fraction of sp³-hybridized carbons (Fsp3) is 0.167. The van der Waals surface area contributed by atoms with Gasteiger partial charge in [0, 0.05) is 27.1 Å². The summed E-state index contributed by atoms with van der Waals surface area (Å²) in [6.07, 6.45) is 1.54. The summed E-state index contributed by atoms with van der Waals surface area (Å²) in [5.41, 5.74) is 4.25. The van der Waals surface area contributed by atoms with Crippen LogP contribution in [-0.4, -0.2) is 23.2 Å². The van der Waals surface area contributed by atoms with Crippen molar-refractivity contribution < 1.29 is 10.4 Å². The van der Waals surface area contributed by atoms with E-state index in [0.29, 0.717) is 16.6 Å². The van der Waals surface area contributed by atoms with E-state index in [1.165, 1.54) is 10.9 Å². The molecule has 3 nitrogen and oxygen atoms in total. The van der Waals surface area contributed by atoms with E-state index in [9.17, 15) is 5.11 Å². The molecule has 0 radical (unpaired) electrons. The van der Waals surface area contributed by atoms with E-state index in [2.05, 4.69) is 28.6 Å². The predicted octanol–water partition coefficient (Wildman–Crippen LogP) is 4.90. The van der Waals surface area contributed by atoms with Crippen molar-refractivity contribution in [3.05, 3.63) is 106 Å². The van der Waals surface area contributed by atoms with Crippen molar-refractivity contribution in [3.8, 4) is 0 Å². The summed E-state index contributed by atoms with van der Waals surface area (Å²) in [5.74, 6) is 0.0684. The minimum absolute atomic E-state index is 0.0684. The first kappa shape index (κ1) is 20.0. The molecule has 4 rings (SSSR count). The van der Waals surface area contributed by atoms with Crippen LogP contribution in [0.25, 0.3) is 10.9 Å². The number of rotatable bonds is 7. The molecule has 0 saturated carbocycles. The van der Waals surface area contributed by atoms with Crippen LogP contribution in [0.15, 0.2) is 79.0 Å². The van der Waals surface area contributed by atoms with Gasteiger partial charge < -0.3 is 15.4 Å². The van der Waals surface area contributed by atoms with Gasteiger partial charge in [-0.2, -0.15) is 0 Å². The van der Waals surface area contributed by atoms with Gasteiger partial charge in [0.05, 0.1) is 12.5 Å². The number of aromatic nitrogens is 1. The average molecular weight is 426 g/mol. The first-order chi connectivity index (χ1) is 14.1. The molecule has 0 amide bonds. The fourth-order valence-electron chi connectivity index (χ4n) is 3.82. The average Bonchev–Trinajstić information content (AvgIpc) is 3.16. The molecule has 4 aromatic rings. The maximum Gasteiger partial charge on any atom is 0.128 e. The number of halogens is 2. The molecule has 5 heteroatoms. The third kappa shape index (κ3) is 4.49. The summed E-state index contributed by atoms with van der Waals surface area (Å²) in [7, 11) is 0. The van der Waals surface area contributed by atoms with E-state index in [4.69, 9.17) is 23.2 Å². The fourth-order valence-corrected chi connectivity index (χ4v) is 4.36. The normalized spacial score (nSPS) is 13.5. The second-order valence-electron chi connectivity index (χ2n) is 7.19. The van der Waals surface area contributed by atoms with E-state index < -0.39 is 6.10 Å². The summed E-state index contributed by atoms with van der Waals surface area (Å²) in [5, 5.41) is 15.1. The molecule has 1 heterocycles. The van der Waals surface area contributed by atoms with Crippen molar-refractivity contribution in [1.29, 1.82) is 0 Å². The quantitative estimate of drug-likeness (QED) is 0.387. The third-order valence-electron chi connectivity index (χ3n) is 5.31. The highest BCUT2D eigenvalue weighted by molar-refractivity contribution is 6.35. The van der Waals surface area contributed by atoms with Gasteiger partial charge >= 0.3 is 0 Å². The largest absolute Gasteiger partial charge is 0.382 e. The molecular weight excluding hydrogens is 403 g/mol. The number of aliphatic hydroxyl groups excluding tert-OH is 1. The standard InChI is InChI=1S/C24H22Cl2N2O/c25-17-10-11-18(22(26)12-17)20(21-14-28-23-9-5-4-8-19(21)23)13-27-15-24(29)16-6-2-1-3-7-16/h1-12,14,20,24,27-29H,13,15H2/p+1/t20-,24-/m0/s1. The Kier molecular flexibility index (Phi) is 6.22. The van der Waals surface area contributed by atoms with Crippen LogP contribution < -0.4 is 5.32 Å². The number of para-hydroxylation sites is 1. The van der Waals surface area contributed by atoms with E-state index in [1.54, 1.807) is 6.07 Å². The van der Waals surface area contributed by atoms with Gasteiger partial charge in [-0.15, -0.1) is 0 Å². The highest BCUT2D eigenvalue weighted by atomic mass is 35.5. The number of nitrogens with two attached hydrogens (primary N) is 1. The van der Waals surface area contributed by atoms with E-state index in [-0.39, 0.29) is 5.92 Å². The van der Waals surface area contributed by atoms with Crippen LogP contribution in [-0.2, 0) is 0 Å². The molecular formula is C24H23Cl2N2O+. The second-order valence-corrected chi connectivity index (χ2v) is 8.04. The van der Waals surface area contributed by atoms with Crippen LogP contribution in [0.1, 0.15) is 28.7 Å². The van der Waals surface area contributed by atoms with Gasteiger partial charge in [0.25, 0.3) is 0 Å². The topological polar surface area (TPSA) is 52.6 Å². The minimum atomic E-state index is -0.513. The monoisotopic (exact) mass is 425 g/mol. The highest BCUT2D eigenvalue weighted by Gasteiger charge is 2.23. The Balaban J connectivity index is 1.60. The van der Waals surface area contributed by atoms with Gasteiger partial charge in [-0.3, -0.25) is 0 Å². The molecule has 0 aliphatic heterocycles. The Morgan fingerprint density at radius 2 is 1.62 bits per heavy atom. The number of H-pyrrole nitrogens is 1. The predicted molar refractivity (Wildman–Crippen MR) is 120 cm³/mol. The van der Waals surface area contributed by atoms with E-state index in [0.717, 1.165) is 23.2 Å². The SMILES string of the molecule is O[C@@H](C[NH2+]C[C@@H](c1ccc(Cl)cc1Cl)c1c[nH]c2ccccc12)c1ccccc1. The van der Waals surface area contributed by atoms with Crippen LogP contribution in [0.2, 0.25) is 10.0 Å². The summed E-state index contributed by atoms with van der Waals surface area (Å²) >= 11 is 12.7. The molecule has 29 heavy (non-hydrogen) atoms. The summed E-state index contributed by atoms with van der Waals surface area (Å²) in [6, 6.07) is 23.7. The minimum Gasteiger partial charge on any atom is -0.382 e. The number of fused-ring (bicyclic) bond motifs is 1. The van der Waals surface area contributed by atoms with Crippen LogP contribution in [0.5, 0.6) is 0 Å². The number of quaternary nitrogens is 1. The van der Waals surface area contributed by atoms with E-state index in [1.807, 2.05) is 54.6 Å². The Labute approximate surface area is 180 Å². The zero-order valence-electron chi connectivity index (χ0n) is 15.9. The van der Waals surface area contributed by atoms with Crippen LogP contribution in [0.4, 0.5) is 0 Å². The Morgan fingerprint density at radius 1 is 0.862 bits per heavy atom. The number of nitrogens with one attached hydrogen (secondary N) is 1.